The molecule has 0 radical (unpaired) electrons. The molecule has 1 amide bonds. The van der Waals surface area contributed by atoms with E-state index in [2.05, 4.69) is 5.32 Å². The van der Waals surface area contributed by atoms with Crippen molar-refractivity contribution in [2.75, 3.05) is 19.1 Å². The number of aliphatic hydroxyl groups excluding tert-OH is 3. The van der Waals surface area contributed by atoms with Crippen LogP contribution in [0.15, 0.2) is 51.7 Å². The SMILES string of the molecule is COC(=O)[C@H](CCSC)NC(=O)[C@@H]1O[C@H](Oc2cc3oc(-c4ccccc4)cc(=O)c3c(O)c2O)[C@H](O)[C@H](O)[C@@H]1O. The summed E-state index contributed by atoms with van der Waals surface area (Å²) in [5, 5.41) is 54.6. The highest BCUT2D eigenvalue weighted by atomic mass is 32.2. The molecule has 0 aliphatic carbocycles. The number of thioether (sulfide) groups is 1. The van der Waals surface area contributed by atoms with E-state index in [1.165, 1.54) is 11.8 Å². The van der Waals surface area contributed by atoms with Crippen molar-refractivity contribution < 1.29 is 53.7 Å². The fourth-order valence-corrected chi connectivity index (χ4v) is 4.74. The highest BCUT2D eigenvalue weighted by Gasteiger charge is 2.48. The Morgan fingerprint density at radius 1 is 1.05 bits per heavy atom. The van der Waals surface area contributed by atoms with Gasteiger partial charge in [0, 0.05) is 17.7 Å². The second-order valence-corrected chi connectivity index (χ2v) is 10.2. The largest absolute Gasteiger partial charge is 0.504 e. The molecule has 4 rings (SSSR count). The Balaban J connectivity index is 1.63. The van der Waals surface area contributed by atoms with Crippen molar-refractivity contribution in [2.45, 2.75) is 43.2 Å². The van der Waals surface area contributed by atoms with Crippen LogP contribution in [-0.4, -0.2) is 93.3 Å². The van der Waals surface area contributed by atoms with Crippen LogP contribution in [0.3, 0.4) is 0 Å². The summed E-state index contributed by atoms with van der Waals surface area (Å²) in [7, 11) is 1.15. The van der Waals surface area contributed by atoms with Crippen LogP contribution in [0.5, 0.6) is 17.2 Å². The number of hydrogen-bond acceptors (Lipinski definition) is 13. The molecule has 0 bridgehead atoms. The normalized spacial score (nSPS) is 23.1. The van der Waals surface area contributed by atoms with Crippen LogP contribution in [0.2, 0.25) is 0 Å². The number of carbonyl (C=O) groups excluding carboxylic acids is 2. The molecule has 1 fully saturated rings. The summed E-state index contributed by atoms with van der Waals surface area (Å²) in [6.07, 6.45) is -7.48. The van der Waals surface area contributed by atoms with Gasteiger partial charge in [0.25, 0.3) is 5.91 Å². The van der Waals surface area contributed by atoms with Gasteiger partial charge in [0.1, 0.15) is 41.1 Å². The number of esters is 1. The molecule has 41 heavy (non-hydrogen) atoms. The Morgan fingerprint density at radius 2 is 1.76 bits per heavy atom. The first-order chi connectivity index (χ1) is 19.6. The fourth-order valence-electron chi connectivity index (χ4n) is 4.27. The summed E-state index contributed by atoms with van der Waals surface area (Å²) in [5.74, 6) is -3.39. The van der Waals surface area contributed by atoms with Crippen molar-refractivity contribution in [1.82, 2.24) is 5.32 Å². The molecule has 1 saturated heterocycles. The quantitative estimate of drug-likeness (QED) is 0.148. The molecule has 1 aliphatic heterocycles. The van der Waals surface area contributed by atoms with Crippen molar-refractivity contribution >= 4 is 34.6 Å². The zero-order valence-corrected chi connectivity index (χ0v) is 22.7. The first-order valence-corrected chi connectivity index (χ1v) is 13.8. The summed E-state index contributed by atoms with van der Waals surface area (Å²) in [6, 6.07) is 9.74. The zero-order chi connectivity index (χ0) is 29.8. The lowest BCUT2D eigenvalue weighted by molar-refractivity contribution is -0.267. The summed E-state index contributed by atoms with van der Waals surface area (Å²) in [4.78, 5) is 37.8. The number of fused-ring (bicyclic) bond motifs is 1. The summed E-state index contributed by atoms with van der Waals surface area (Å²) in [6.45, 7) is 0. The second-order valence-electron chi connectivity index (χ2n) is 9.17. The van der Waals surface area contributed by atoms with Crippen molar-refractivity contribution in [3.8, 4) is 28.6 Å². The Labute approximate surface area is 237 Å². The van der Waals surface area contributed by atoms with Crippen LogP contribution in [0.25, 0.3) is 22.3 Å². The molecular weight excluding hydrogens is 562 g/mol. The van der Waals surface area contributed by atoms with Gasteiger partial charge in [0.15, 0.2) is 23.0 Å². The van der Waals surface area contributed by atoms with Gasteiger partial charge in [-0.3, -0.25) is 9.59 Å². The number of ether oxygens (including phenoxy) is 3. The van der Waals surface area contributed by atoms with Gasteiger partial charge < -0.3 is 49.5 Å². The molecule has 220 valence electrons. The van der Waals surface area contributed by atoms with Gasteiger partial charge >= 0.3 is 5.97 Å². The lowest BCUT2D eigenvalue weighted by Crippen LogP contribution is -2.63. The number of phenols is 2. The average molecular weight is 592 g/mol. The number of carbonyl (C=O) groups is 2. The molecule has 0 spiro atoms. The predicted octanol–water partition coefficient (Wildman–Crippen LogP) is 0.468. The van der Waals surface area contributed by atoms with Gasteiger partial charge in [-0.2, -0.15) is 11.8 Å². The van der Waals surface area contributed by atoms with E-state index >= 15 is 0 Å². The van der Waals surface area contributed by atoms with Gasteiger partial charge in [-0.15, -0.1) is 0 Å². The summed E-state index contributed by atoms with van der Waals surface area (Å²) in [5.41, 5.74) is -0.284. The number of amides is 1. The second kappa shape index (κ2) is 12.8. The molecule has 1 aliphatic rings. The first kappa shape index (κ1) is 30.1. The maximum absolute atomic E-state index is 13.0. The standard InChI is InChI=1S/C27H29NO12S/c1-37-26(36)13(8-9-41-2)28-25(35)24-22(33)21(32)23(34)27(40-24)39-17-11-16-18(20(31)19(17)30)14(29)10-15(38-16)12-6-4-3-5-7-12/h3-7,10-11,13,21-24,27,30-34H,8-9H2,1-2H3,(H,28,35)/t13-,21+,22-,23+,24+,27-/m0/s1. The molecule has 14 heteroatoms. The Hall–Kier alpha value is -3.82. The third kappa shape index (κ3) is 6.26. The van der Waals surface area contributed by atoms with Gasteiger partial charge in [-0.05, 0) is 18.4 Å². The van der Waals surface area contributed by atoms with Crippen LogP contribution < -0.4 is 15.5 Å². The van der Waals surface area contributed by atoms with E-state index in [9.17, 15) is 39.9 Å². The minimum atomic E-state index is -1.95. The third-order valence-corrected chi connectivity index (χ3v) is 7.12. The maximum Gasteiger partial charge on any atom is 0.328 e. The number of phenolic OH excluding ortho intramolecular Hbond substituents is 2. The van der Waals surface area contributed by atoms with Gasteiger partial charge in [-0.25, -0.2) is 4.79 Å². The van der Waals surface area contributed by atoms with Crippen LogP contribution in [-0.2, 0) is 19.1 Å². The number of aliphatic hydroxyl groups is 3. The molecular formula is C27H29NO12S. The molecule has 13 nitrogen and oxygen atoms in total. The number of benzene rings is 2. The van der Waals surface area contributed by atoms with E-state index in [4.69, 9.17) is 18.6 Å². The van der Waals surface area contributed by atoms with E-state index in [-0.39, 0.29) is 23.2 Å². The zero-order valence-electron chi connectivity index (χ0n) is 21.9. The summed E-state index contributed by atoms with van der Waals surface area (Å²) >= 11 is 1.42. The Bertz CT molecular complexity index is 1460. The minimum absolute atomic E-state index is 0.157. The Kier molecular flexibility index (Phi) is 9.40. The highest BCUT2D eigenvalue weighted by Crippen LogP contribution is 2.42. The fraction of sp³-hybridized carbons (Fsp3) is 0.370. The van der Waals surface area contributed by atoms with Gasteiger partial charge in [-0.1, -0.05) is 30.3 Å². The highest BCUT2D eigenvalue weighted by molar-refractivity contribution is 7.98. The minimum Gasteiger partial charge on any atom is -0.504 e. The molecule has 1 aromatic heterocycles. The Morgan fingerprint density at radius 3 is 2.41 bits per heavy atom. The van der Waals surface area contributed by atoms with Gasteiger partial charge in [0.2, 0.25) is 12.0 Å². The number of rotatable bonds is 9. The lowest BCUT2D eigenvalue weighted by Gasteiger charge is -2.39. The monoisotopic (exact) mass is 591 g/mol. The molecule has 2 aromatic carbocycles. The predicted molar refractivity (Wildman–Crippen MR) is 146 cm³/mol. The number of hydrogen-bond donors (Lipinski definition) is 6. The van der Waals surface area contributed by atoms with Crippen molar-refractivity contribution in [1.29, 1.82) is 0 Å². The molecule has 2 heterocycles. The van der Waals surface area contributed by atoms with Gasteiger partial charge in [0.05, 0.1) is 7.11 Å². The number of methoxy groups -OCH3 is 1. The molecule has 0 saturated carbocycles. The average Bonchev–Trinajstić information content (AvgIpc) is 2.97. The van der Waals surface area contributed by atoms with E-state index in [0.29, 0.717) is 11.3 Å². The molecule has 6 N–H and O–H groups in total. The topological polar surface area (TPSA) is 205 Å². The maximum atomic E-state index is 13.0. The van der Waals surface area contributed by atoms with E-state index < -0.39 is 71.3 Å². The number of nitrogens with one attached hydrogen (secondary N) is 1. The van der Waals surface area contributed by atoms with E-state index in [0.717, 1.165) is 19.2 Å². The van der Waals surface area contributed by atoms with Crippen molar-refractivity contribution in [3.05, 3.63) is 52.7 Å². The smallest absolute Gasteiger partial charge is 0.328 e. The van der Waals surface area contributed by atoms with E-state index in [1.54, 1.807) is 36.6 Å². The number of aromatic hydroxyl groups is 2. The molecule has 6 atom stereocenters. The van der Waals surface area contributed by atoms with Crippen LogP contribution in [0.4, 0.5) is 0 Å². The van der Waals surface area contributed by atoms with Crippen LogP contribution in [0, 0.1) is 0 Å². The lowest BCUT2D eigenvalue weighted by atomic mass is 9.98. The molecule has 3 aromatic rings. The first-order valence-electron chi connectivity index (χ1n) is 12.4. The van der Waals surface area contributed by atoms with Crippen molar-refractivity contribution in [2.24, 2.45) is 0 Å². The molecule has 0 unspecified atom stereocenters. The van der Waals surface area contributed by atoms with E-state index in [1.807, 2.05) is 0 Å². The third-order valence-electron chi connectivity index (χ3n) is 6.47. The van der Waals surface area contributed by atoms with Crippen LogP contribution >= 0.6 is 11.8 Å². The van der Waals surface area contributed by atoms with Crippen LogP contribution in [0.1, 0.15) is 6.42 Å². The summed E-state index contributed by atoms with van der Waals surface area (Å²) < 4.78 is 21.5. The van der Waals surface area contributed by atoms with Crippen molar-refractivity contribution in [3.63, 3.8) is 0 Å².